The van der Waals surface area contributed by atoms with Gasteiger partial charge in [-0.05, 0) is 31.3 Å². The maximum Gasteiger partial charge on any atom is 0.329 e. The quantitative estimate of drug-likeness (QED) is 0.178. The monoisotopic (exact) mass is 540 g/mol. The molecule has 1 saturated heterocycles. The van der Waals surface area contributed by atoms with Crippen molar-refractivity contribution in [1.29, 1.82) is 0 Å². The summed E-state index contributed by atoms with van der Waals surface area (Å²) in [7, 11) is 2.95. The Bertz CT molecular complexity index is 905. The molecule has 0 aromatic carbocycles. The lowest BCUT2D eigenvalue weighted by Gasteiger charge is -2.27. The molecular weight excluding hydrogens is 504 g/mol. The lowest BCUT2D eigenvalue weighted by atomic mass is 10.0. The SMILES string of the molecule is CC=C1NC(=O)[C@H]2CSSCCC=CC(CC(=O)N[C@@H](C(C)C)C(=O)N2)OC(=O)[C@H](C(C)C)NC1=O. The second-order valence-corrected chi connectivity index (χ2v) is 11.9. The molecule has 2 rings (SSSR count). The predicted molar refractivity (Wildman–Crippen MR) is 141 cm³/mol. The molecule has 4 atom stereocenters. The van der Waals surface area contributed by atoms with Crippen LogP contribution in [0, 0.1) is 11.8 Å². The lowest BCUT2D eigenvalue weighted by molar-refractivity contribution is -0.153. The third-order valence-electron chi connectivity index (χ3n) is 5.59. The zero-order chi connectivity index (χ0) is 26.8. The van der Waals surface area contributed by atoms with Crippen LogP contribution in [0.25, 0.3) is 0 Å². The molecule has 0 aromatic heterocycles. The van der Waals surface area contributed by atoms with Gasteiger partial charge in [-0.25, -0.2) is 4.79 Å². The number of esters is 1. The third-order valence-corrected chi connectivity index (χ3v) is 8.03. The van der Waals surface area contributed by atoms with Crippen LogP contribution < -0.4 is 21.3 Å². The molecule has 2 heterocycles. The molecule has 200 valence electrons. The minimum Gasteiger partial charge on any atom is -0.456 e. The summed E-state index contributed by atoms with van der Waals surface area (Å²) < 4.78 is 5.65. The van der Waals surface area contributed by atoms with Crippen molar-refractivity contribution in [1.82, 2.24) is 21.3 Å². The van der Waals surface area contributed by atoms with Gasteiger partial charge >= 0.3 is 5.97 Å². The number of amides is 4. The molecule has 10 nitrogen and oxygen atoms in total. The fourth-order valence-corrected chi connectivity index (χ4v) is 5.66. The fourth-order valence-electron chi connectivity index (χ4n) is 3.50. The molecular formula is C24H36N4O6S2. The van der Waals surface area contributed by atoms with E-state index in [1.165, 1.54) is 27.7 Å². The minimum absolute atomic E-state index is 0.0445. The van der Waals surface area contributed by atoms with Crippen LogP contribution in [0.4, 0.5) is 0 Å². The van der Waals surface area contributed by atoms with Crippen LogP contribution in [0.1, 0.15) is 47.5 Å². The summed E-state index contributed by atoms with van der Waals surface area (Å²) in [6.07, 6.45) is 4.51. The van der Waals surface area contributed by atoms with E-state index >= 15 is 0 Å². The van der Waals surface area contributed by atoms with Gasteiger partial charge in [-0.2, -0.15) is 0 Å². The predicted octanol–water partition coefficient (Wildman–Crippen LogP) is 1.43. The molecule has 0 aromatic rings. The lowest BCUT2D eigenvalue weighted by Crippen LogP contribution is -2.57. The Labute approximate surface area is 220 Å². The third kappa shape index (κ3) is 8.88. The number of rotatable bonds is 2. The standard InChI is InChI=1S/C24H36N4O6S2/c1-6-16-21(30)28-20(14(4)5)24(33)34-15-9-7-8-10-35-36-12-17(22(31)25-16)26-23(32)19(13(2)3)27-18(29)11-15/h6-7,9,13-15,17,19-20H,8,10-12H2,1-5H3,(H,25,31)(H,26,32)(H,27,29)(H,28,30)/t15?,17-,19+,20+/m1/s1. The van der Waals surface area contributed by atoms with Crippen molar-refractivity contribution in [2.45, 2.75) is 71.7 Å². The van der Waals surface area contributed by atoms with Crippen molar-refractivity contribution >= 4 is 51.2 Å². The Morgan fingerprint density at radius 1 is 0.944 bits per heavy atom. The van der Waals surface area contributed by atoms with Gasteiger partial charge in [0.15, 0.2) is 0 Å². The number of hydrogen-bond donors (Lipinski definition) is 4. The highest BCUT2D eigenvalue weighted by atomic mass is 33.1. The highest BCUT2D eigenvalue weighted by Crippen LogP contribution is 2.24. The molecule has 2 bridgehead atoms. The molecule has 1 fully saturated rings. The number of fused-ring (bicyclic) bond motifs is 7. The van der Waals surface area contributed by atoms with Gasteiger partial charge in [0.2, 0.25) is 17.7 Å². The van der Waals surface area contributed by atoms with Gasteiger partial charge in [-0.15, -0.1) is 0 Å². The van der Waals surface area contributed by atoms with Crippen molar-refractivity contribution in [2.24, 2.45) is 11.8 Å². The van der Waals surface area contributed by atoms with Crippen LogP contribution in [-0.4, -0.2) is 65.3 Å². The summed E-state index contributed by atoms with van der Waals surface area (Å²) in [6.45, 7) is 8.66. The highest BCUT2D eigenvalue weighted by molar-refractivity contribution is 8.76. The molecule has 36 heavy (non-hydrogen) atoms. The van der Waals surface area contributed by atoms with Gasteiger partial charge < -0.3 is 26.0 Å². The number of hydrogen-bond acceptors (Lipinski definition) is 8. The average Bonchev–Trinajstić information content (AvgIpc) is 2.81. The Hall–Kier alpha value is -2.47. The Balaban J connectivity index is 2.55. The van der Waals surface area contributed by atoms with E-state index in [0.717, 1.165) is 0 Å². The summed E-state index contributed by atoms with van der Waals surface area (Å²) >= 11 is 0. The number of nitrogens with one attached hydrogen (secondary N) is 4. The van der Waals surface area contributed by atoms with Crippen LogP contribution in [-0.2, 0) is 28.7 Å². The van der Waals surface area contributed by atoms with E-state index in [0.29, 0.717) is 12.2 Å². The van der Waals surface area contributed by atoms with Crippen molar-refractivity contribution in [3.05, 3.63) is 23.9 Å². The molecule has 0 saturated carbocycles. The van der Waals surface area contributed by atoms with Crippen LogP contribution in [0.5, 0.6) is 0 Å². The molecule has 4 amide bonds. The second kappa shape index (κ2) is 14.3. The zero-order valence-electron chi connectivity index (χ0n) is 21.3. The van der Waals surface area contributed by atoms with Crippen LogP contribution in [0.2, 0.25) is 0 Å². The van der Waals surface area contributed by atoms with Gasteiger partial charge in [0, 0.05) is 11.5 Å². The maximum atomic E-state index is 13.2. The fraction of sp³-hybridized carbons (Fsp3) is 0.625. The molecule has 0 aliphatic carbocycles. The molecule has 2 aliphatic heterocycles. The summed E-state index contributed by atoms with van der Waals surface area (Å²) in [4.78, 5) is 65.2. The molecule has 12 heteroatoms. The smallest absolute Gasteiger partial charge is 0.329 e. The molecule has 2 aliphatic rings. The summed E-state index contributed by atoms with van der Waals surface area (Å²) in [5.41, 5.74) is -0.0445. The topological polar surface area (TPSA) is 143 Å². The van der Waals surface area contributed by atoms with Crippen molar-refractivity contribution in [3.8, 4) is 0 Å². The first kappa shape index (κ1) is 29.8. The van der Waals surface area contributed by atoms with Gasteiger partial charge in [0.25, 0.3) is 5.91 Å². The number of ether oxygens (including phenoxy) is 1. The van der Waals surface area contributed by atoms with Gasteiger partial charge in [-0.3, -0.25) is 19.2 Å². The van der Waals surface area contributed by atoms with E-state index < -0.39 is 53.8 Å². The van der Waals surface area contributed by atoms with Crippen LogP contribution in [0.3, 0.4) is 0 Å². The molecule has 0 spiro atoms. The largest absolute Gasteiger partial charge is 0.456 e. The summed E-state index contributed by atoms with van der Waals surface area (Å²) in [5.74, 6) is -2.54. The van der Waals surface area contributed by atoms with Crippen molar-refractivity contribution < 1.29 is 28.7 Å². The maximum absolute atomic E-state index is 13.2. The van der Waals surface area contributed by atoms with E-state index in [1.54, 1.807) is 40.7 Å². The minimum atomic E-state index is -1.00. The van der Waals surface area contributed by atoms with Gasteiger partial charge in [0.1, 0.15) is 29.9 Å². The number of allylic oxidation sites excluding steroid dienone is 2. The van der Waals surface area contributed by atoms with Crippen LogP contribution in [0.15, 0.2) is 23.9 Å². The Morgan fingerprint density at radius 2 is 1.64 bits per heavy atom. The van der Waals surface area contributed by atoms with E-state index in [4.69, 9.17) is 4.74 Å². The van der Waals surface area contributed by atoms with Gasteiger partial charge in [0.05, 0.1) is 6.42 Å². The van der Waals surface area contributed by atoms with E-state index in [2.05, 4.69) is 21.3 Å². The van der Waals surface area contributed by atoms with Crippen LogP contribution >= 0.6 is 21.6 Å². The molecule has 0 radical (unpaired) electrons. The number of carbonyl (C=O) groups is 5. The average molecular weight is 541 g/mol. The Kier molecular flexibility index (Phi) is 11.8. The highest BCUT2D eigenvalue weighted by Gasteiger charge is 2.33. The Morgan fingerprint density at radius 3 is 2.28 bits per heavy atom. The first-order chi connectivity index (χ1) is 17.0. The van der Waals surface area contributed by atoms with E-state index in [-0.39, 0.29) is 29.7 Å². The summed E-state index contributed by atoms with van der Waals surface area (Å²) in [5, 5.41) is 10.7. The van der Waals surface area contributed by atoms with E-state index in [1.807, 2.05) is 6.08 Å². The first-order valence-electron chi connectivity index (χ1n) is 12.0. The van der Waals surface area contributed by atoms with Crippen molar-refractivity contribution in [3.63, 3.8) is 0 Å². The van der Waals surface area contributed by atoms with Gasteiger partial charge in [-0.1, -0.05) is 61.4 Å². The first-order valence-corrected chi connectivity index (χ1v) is 14.5. The second-order valence-electron chi connectivity index (χ2n) is 9.24. The molecule has 1 unspecified atom stereocenters. The van der Waals surface area contributed by atoms with E-state index in [9.17, 15) is 24.0 Å². The summed E-state index contributed by atoms with van der Waals surface area (Å²) in [6, 6.07) is -2.86. The molecule has 4 N–H and O–H groups in total. The van der Waals surface area contributed by atoms with Crippen molar-refractivity contribution in [2.75, 3.05) is 11.5 Å². The number of carbonyl (C=O) groups excluding carboxylic acids is 5. The normalized spacial score (nSPS) is 28.8. The zero-order valence-corrected chi connectivity index (χ0v) is 22.9.